The highest BCUT2D eigenvalue weighted by Gasteiger charge is 2.44. The largest absolute Gasteiger partial charge is 0.490 e. The number of carbonyl (C=O) groups is 1. The Hall–Kier alpha value is -4.64. The summed E-state index contributed by atoms with van der Waals surface area (Å²) in [6, 6.07) is 17.4. The maximum Gasteiger partial charge on any atom is 0.320 e. The topological polar surface area (TPSA) is 101 Å². The number of fused-ring (bicyclic) bond motifs is 1. The molecule has 3 aliphatic rings. The van der Waals surface area contributed by atoms with Gasteiger partial charge in [-0.05, 0) is 79.3 Å². The molecule has 1 N–H and O–H groups in total. The van der Waals surface area contributed by atoms with Crippen molar-refractivity contribution >= 4 is 28.6 Å². The molecule has 2 heterocycles. The van der Waals surface area contributed by atoms with E-state index in [-0.39, 0.29) is 29.4 Å². The number of carboxylic acids is 1. The SMILES string of the molecule is N#CCC1(Cn2c(CN3CCC(Oc4cccc(COc5ccc(Cl)cc5F)c4)CC3)nc3c(F)cc(C4C#CC4C(=O)O)cc32)CC1. The molecule has 2 atom stereocenters. The predicted octanol–water partition coefficient (Wildman–Crippen LogP) is 7.09. The van der Waals surface area contributed by atoms with Gasteiger partial charge in [0.2, 0.25) is 0 Å². The molecular formula is C37H33ClF2N4O4. The Kier molecular flexibility index (Phi) is 8.72. The average Bonchev–Trinajstić information content (AvgIpc) is 3.71. The summed E-state index contributed by atoms with van der Waals surface area (Å²) in [7, 11) is 0. The molecule has 0 spiro atoms. The normalized spacial score (nSPS) is 20.0. The number of likely N-dealkylation sites (tertiary alicyclic amines) is 1. The van der Waals surface area contributed by atoms with E-state index in [9.17, 15) is 19.6 Å². The van der Waals surface area contributed by atoms with E-state index in [1.165, 1.54) is 18.2 Å². The van der Waals surface area contributed by atoms with Crippen molar-refractivity contribution in [3.05, 3.63) is 88.2 Å². The van der Waals surface area contributed by atoms with Gasteiger partial charge in [-0.3, -0.25) is 9.69 Å². The van der Waals surface area contributed by atoms with Crippen LogP contribution in [0.1, 0.15) is 55.0 Å². The van der Waals surface area contributed by atoms with Crippen LogP contribution in [0.2, 0.25) is 5.02 Å². The second-order valence-corrected chi connectivity index (χ2v) is 13.4. The van der Waals surface area contributed by atoms with Crippen LogP contribution in [0.25, 0.3) is 11.0 Å². The first-order chi connectivity index (χ1) is 23.2. The number of imidazole rings is 1. The molecule has 2 unspecified atom stereocenters. The summed E-state index contributed by atoms with van der Waals surface area (Å²) in [6.07, 6.45) is 3.82. The fraction of sp³-hybridized carbons (Fsp3) is 0.378. The van der Waals surface area contributed by atoms with Crippen molar-refractivity contribution in [2.75, 3.05) is 13.1 Å². The van der Waals surface area contributed by atoms with E-state index in [4.69, 9.17) is 26.1 Å². The van der Waals surface area contributed by atoms with E-state index < -0.39 is 29.4 Å². The molecule has 11 heteroatoms. The third kappa shape index (κ3) is 6.69. The molecular weight excluding hydrogens is 638 g/mol. The van der Waals surface area contributed by atoms with Crippen LogP contribution in [0.15, 0.2) is 54.6 Å². The van der Waals surface area contributed by atoms with E-state index in [0.29, 0.717) is 41.4 Å². The van der Waals surface area contributed by atoms with Crippen molar-refractivity contribution < 1.29 is 28.2 Å². The van der Waals surface area contributed by atoms with Crippen molar-refractivity contribution in [1.29, 1.82) is 5.26 Å². The molecule has 1 aliphatic heterocycles. The number of nitrogens with zero attached hydrogens (tertiary/aromatic N) is 4. The molecule has 0 radical (unpaired) electrons. The molecule has 3 aromatic carbocycles. The molecule has 7 rings (SSSR count). The number of piperidine rings is 1. The smallest absolute Gasteiger partial charge is 0.320 e. The zero-order valence-electron chi connectivity index (χ0n) is 26.1. The van der Waals surface area contributed by atoms with E-state index >= 15 is 4.39 Å². The fourth-order valence-corrected chi connectivity index (χ4v) is 6.73. The van der Waals surface area contributed by atoms with Gasteiger partial charge in [0, 0.05) is 36.5 Å². The van der Waals surface area contributed by atoms with Crippen LogP contribution in [0.5, 0.6) is 11.5 Å². The number of nitriles is 1. The summed E-state index contributed by atoms with van der Waals surface area (Å²) in [4.78, 5) is 18.7. The van der Waals surface area contributed by atoms with Gasteiger partial charge in [-0.1, -0.05) is 35.6 Å². The van der Waals surface area contributed by atoms with Gasteiger partial charge in [-0.2, -0.15) is 5.26 Å². The highest BCUT2D eigenvalue weighted by molar-refractivity contribution is 6.30. The monoisotopic (exact) mass is 670 g/mol. The first-order valence-corrected chi connectivity index (χ1v) is 16.4. The second kappa shape index (κ2) is 13.1. The number of benzene rings is 3. The third-order valence-electron chi connectivity index (χ3n) is 9.56. The average molecular weight is 671 g/mol. The summed E-state index contributed by atoms with van der Waals surface area (Å²) in [5.74, 6) is 3.67. The van der Waals surface area contributed by atoms with Crippen molar-refractivity contribution in [2.24, 2.45) is 11.3 Å². The number of halogens is 3. The van der Waals surface area contributed by atoms with Gasteiger partial charge in [0.05, 0.1) is 24.0 Å². The molecule has 0 bridgehead atoms. The molecule has 1 saturated carbocycles. The van der Waals surface area contributed by atoms with Crippen molar-refractivity contribution in [3.63, 3.8) is 0 Å². The number of hydrogen-bond donors (Lipinski definition) is 1. The quantitative estimate of drug-likeness (QED) is 0.161. The van der Waals surface area contributed by atoms with Crippen LogP contribution in [-0.2, 0) is 24.5 Å². The lowest BCUT2D eigenvalue weighted by molar-refractivity contribution is -0.140. The number of ether oxygens (including phenoxy) is 2. The van der Waals surface area contributed by atoms with Gasteiger partial charge in [0.25, 0.3) is 0 Å². The van der Waals surface area contributed by atoms with Crippen molar-refractivity contribution in [1.82, 2.24) is 14.5 Å². The van der Waals surface area contributed by atoms with Gasteiger partial charge in [-0.25, -0.2) is 13.8 Å². The number of aliphatic carboxylic acids is 1. The van der Waals surface area contributed by atoms with Crippen LogP contribution in [0, 0.1) is 46.1 Å². The van der Waals surface area contributed by atoms with E-state index in [0.717, 1.165) is 50.2 Å². The van der Waals surface area contributed by atoms with Crippen LogP contribution in [-0.4, -0.2) is 44.7 Å². The van der Waals surface area contributed by atoms with Crippen molar-refractivity contribution in [2.45, 2.75) is 63.8 Å². The molecule has 2 aliphatic carbocycles. The first kappa shape index (κ1) is 31.9. The molecule has 1 saturated heterocycles. The van der Waals surface area contributed by atoms with Crippen LogP contribution >= 0.6 is 11.6 Å². The van der Waals surface area contributed by atoms with Gasteiger partial charge < -0.3 is 19.1 Å². The third-order valence-corrected chi connectivity index (χ3v) is 9.79. The Morgan fingerprint density at radius 2 is 1.92 bits per heavy atom. The molecule has 8 nitrogen and oxygen atoms in total. The summed E-state index contributed by atoms with van der Waals surface area (Å²) in [5.41, 5.74) is 2.09. The Morgan fingerprint density at radius 3 is 2.60 bits per heavy atom. The maximum atomic E-state index is 15.5. The molecule has 246 valence electrons. The van der Waals surface area contributed by atoms with E-state index in [1.807, 2.05) is 34.9 Å². The minimum atomic E-state index is -1.01. The van der Waals surface area contributed by atoms with E-state index in [2.05, 4.69) is 22.8 Å². The number of aromatic nitrogens is 2. The van der Waals surface area contributed by atoms with E-state index in [1.54, 1.807) is 6.07 Å². The lowest BCUT2D eigenvalue weighted by Gasteiger charge is -2.32. The minimum absolute atomic E-state index is 0.000997. The number of rotatable bonds is 12. The molecule has 1 aromatic heterocycles. The molecule has 4 aromatic rings. The Balaban J connectivity index is 1.03. The van der Waals surface area contributed by atoms with Crippen molar-refractivity contribution in [3.8, 4) is 29.4 Å². The Labute approximate surface area is 281 Å². The summed E-state index contributed by atoms with van der Waals surface area (Å²) >= 11 is 5.83. The Morgan fingerprint density at radius 1 is 1.10 bits per heavy atom. The standard InChI is InChI=1S/C37H33ClF2N4O4/c38-25-4-7-33(30(39)19-25)47-21-23-2-1-3-27(16-23)48-26-8-14-43(15-9-26)20-34-42-35-31(40)17-24(28-5-6-29(28)36(45)46)18-32(35)44(34)22-37(10-11-37)12-13-41/h1-4,7,16-19,26,28-29H,8-12,14-15,20-22H2,(H,45,46). The lowest BCUT2D eigenvalue weighted by Crippen LogP contribution is -2.38. The summed E-state index contributed by atoms with van der Waals surface area (Å²) in [5, 5.41) is 19.3. The van der Waals surface area contributed by atoms with Gasteiger partial charge in [0.15, 0.2) is 17.4 Å². The zero-order valence-corrected chi connectivity index (χ0v) is 26.8. The summed E-state index contributed by atoms with van der Waals surface area (Å²) < 4.78 is 43.7. The van der Waals surface area contributed by atoms with Crippen LogP contribution in [0.4, 0.5) is 8.78 Å². The minimum Gasteiger partial charge on any atom is -0.490 e. The molecule has 0 amide bonds. The molecule has 2 fully saturated rings. The van der Waals surface area contributed by atoms with Crippen LogP contribution < -0.4 is 9.47 Å². The number of hydrogen-bond acceptors (Lipinski definition) is 6. The highest BCUT2D eigenvalue weighted by Crippen LogP contribution is 2.50. The zero-order chi connectivity index (χ0) is 33.4. The summed E-state index contributed by atoms with van der Waals surface area (Å²) in [6.45, 7) is 2.75. The predicted molar refractivity (Wildman–Crippen MR) is 174 cm³/mol. The highest BCUT2D eigenvalue weighted by atomic mass is 35.5. The number of carboxylic acid groups (broad SMARTS) is 1. The van der Waals surface area contributed by atoms with Gasteiger partial charge in [0.1, 0.15) is 35.7 Å². The second-order valence-electron chi connectivity index (χ2n) is 13.0. The van der Waals surface area contributed by atoms with Crippen LogP contribution in [0.3, 0.4) is 0 Å². The fourth-order valence-electron chi connectivity index (χ4n) is 6.57. The van der Waals surface area contributed by atoms with Gasteiger partial charge in [-0.15, -0.1) is 0 Å². The lowest BCUT2D eigenvalue weighted by atomic mass is 9.80. The Bertz CT molecular complexity index is 1980. The maximum absolute atomic E-state index is 15.5. The van der Waals surface area contributed by atoms with Gasteiger partial charge >= 0.3 is 5.97 Å². The molecule has 48 heavy (non-hydrogen) atoms. The first-order valence-electron chi connectivity index (χ1n) is 16.1.